The van der Waals surface area contributed by atoms with Gasteiger partial charge in [-0.3, -0.25) is 0 Å². The number of rotatable bonds is 5. The molecular weight excluding hydrogens is 348 g/mol. The van der Waals surface area contributed by atoms with Crippen molar-refractivity contribution in [1.82, 2.24) is 4.31 Å². The summed E-state index contributed by atoms with van der Waals surface area (Å²) in [5.74, 6) is -0.582. The maximum Gasteiger partial charge on any atom is 0.244 e. The SMILES string of the molecule is CCN(Cc1cccc(Cl)c1)S(=O)(=O)c1ccc(F)cc1Cl. The highest BCUT2D eigenvalue weighted by molar-refractivity contribution is 7.89. The number of nitrogens with zero attached hydrogens (tertiary/aromatic N) is 1. The average Bonchev–Trinajstić information content (AvgIpc) is 2.44. The lowest BCUT2D eigenvalue weighted by molar-refractivity contribution is 0.423. The van der Waals surface area contributed by atoms with Gasteiger partial charge in [0.25, 0.3) is 0 Å². The van der Waals surface area contributed by atoms with Crippen molar-refractivity contribution in [2.75, 3.05) is 6.54 Å². The van der Waals surface area contributed by atoms with Gasteiger partial charge in [0.1, 0.15) is 10.7 Å². The summed E-state index contributed by atoms with van der Waals surface area (Å²) in [6.45, 7) is 2.13. The molecule has 3 nitrogen and oxygen atoms in total. The van der Waals surface area contributed by atoms with E-state index in [2.05, 4.69) is 0 Å². The van der Waals surface area contributed by atoms with Crippen LogP contribution in [0.25, 0.3) is 0 Å². The van der Waals surface area contributed by atoms with Gasteiger partial charge in [-0.15, -0.1) is 0 Å². The van der Waals surface area contributed by atoms with Gasteiger partial charge in [-0.1, -0.05) is 42.3 Å². The summed E-state index contributed by atoms with van der Waals surface area (Å²) in [4.78, 5) is -0.112. The lowest BCUT2D eigenvalue weighted by Crippen LogP contribution is -2.30. The van der Waals surface area contributed by atoms with E-state index in [1.807, 2.05) is 0 Å². The molecule has 0 fully saturated rings. The number of halogens is 3. The molecule has 0 radical (unpaired) electrons. The van der Waals surface area contributed by atoms with Crippen LogP contribution in [-0.4, -0.2) is 19.3 Å². The molecule has 0 aliphatic heterocycles. The van der Waals surface area contributed by atoms with Crippen LogP contribution in [-0.2, 0) is 16.6 Å². The van der Waals surface area contributed by atoms with Crippen molar-refractivity contribution in [3.63, 3.8) is 0 Å². The Morgan fingerprint density at radius 1 is 1.14 bits per heavy atom. The van der Waals surface area contributed by atoms with Crippen LogP contribution in [0.3, 0.4) is 0 Å². The fraction of sp³-hybridized carbons (Fsp3) is 0.200. The van der Waals surface area contributed by atoms with E-state index in [1.165, 1.54) is 10.4 Å². The topological polar surface area (TPSA) is 37.4 Å². The molecule has 0 amide bonds. The Morgan fingerprint density at radius 3 is 2.45 bits per heavy atom. The van der Waals surface area contributed by atoms with Crippen molar-refractivity contribution in [2.24, 2.45) is 0 Å². The van der Waals surface area contributed by atoms with E-state index in [-0.39, 0.29) is 23.0 Å². The Labute approximate surface area is 139 Å². The predicted molar refractivity (Wildman–Crippen MR) is 86.1 cm³/mol. The van der Waals surface area contributed by atoms with Crippen molar-refractivity contribution >= 4 is 33.2 Å². The van der Waals surface area contributed by atoms with E-state index in [0.29, 0.717) is 5.02 Å². The standard InChI is InChI=1S/C15H14Cl2FNO2S/c1-2-19(10-11-4-3-5-12(16)8-11)22(20,21)15-7-6-13(18)9-14(15)17/h3-9H,2,10H2,1H3. The van der Waals surface area contributed by atoms with Gasteiger partial charge in [0, 0.05) is 18.1 Å². The van der Waals surface area contributed by atoms with Crippen LogP contribution in [0.1, 0.15) is 12.5 Å². The summed E-state index contributed by atoms with van der Waals surface area (Å²) < 4.78 is 39.7. The quantitative estimate of drug-likeness (QED) is 0.793. The predicted octanol–water partition coefficient (Wildman–Crippen LogP) is 4.34. The van der Waals surface area contributed by atoms with E-state index >= 15 is 0 Å². The van der Waals surface area contributed by atoms with Crippen LogP contribution in [0.15, 0.2) is 47.4 Å². The van der Waals surface area contributed by atoms with Crippen LogP contribution >= 0.6 is 23.2 Å². The molecule has 118 valence electrons. The van der Waals surface area contributed by atoms with Crippen molar-refractivity contribution in [1.29, 1.82) is 0 Å². The fourth-order valence-electron chi connectivity index (χ4n) is 2.03. The zero-order valence-corrected chi connectivity index (χ0v) is 14.1. The highest BCUT2D eigenvalue weighted by Crippen LogP contribution is 2.26. The second-order valence-electron chi connectivity index (χ2n) is 4.64. The van der Waals surface area contributed by atoms with E-state index in [9.17, 15) is 12.8 Å². The number of benzene rings is 2. The third-order valence-corrected chi connectivity index (χ3v) is 5.75. The molecule has 2 aromatic rings. The molecule has 0 spiro atoms. The van der Waals surface area contributed by atoms with Crippen molar-refractivity contribution in [3.8, 4) is 0 Å². The molecule has 0 saturated carbocycles. The van der Waals surface area contributed by atoms with Gasteiger partial charge in [-0.25, -0.2) is 12.8 Å². The van der Waals surface area contributed by atoms with Gasteiger partial charge in [-0.2, -0.15) is 4.31 Å². The van der Waals surface area contributed by atoms with Crippen molar-refractivity contribution < 1.29 is 12.8 Å². The van der Waals surface area contributed by atoms with Crippen LogP contribution in [0.5, 0.6) is 0 Å². The minimum Gasteiger partial charge on any atom is -0.207 e. The largest absolute Gasteiger partial charge is 0.244 e. The van der Waals surface area contributed by atoms with Gasteiger partial charge >= 0.3 is 0 Å². The van der Waals surface area contributed by atoms with E-state index in [1.54, 1.807) is 31.2 Å². The molecule has 0 atom stereocenters. The highest BCUT2D eigenvalue weighted by atomic mass is 35.5. The van der Waals surface area contributed by atoms with Crippen LogP contribution in [0.2, 0.25) is 10.0 Å². The maximum absolute atomic E-state index is 13.1. The summed E-state index contributed by atoms with van der Waals surface area (Å²) >= 11 is 11.8. The summed E-state index contributed by atoms with van der Waals surface area (Å²) in [7, 11) is -3.82. The first-order valence-corrected chi connectivity index (χ1v) is 8.74. The number of hydrogen-bond acceptors (Lipinski definition) is 2. The maximum atomic E-state index is 13.1. The second-order valence-corrected chi connectivity index (χ2v) is 7.39. The molecule has 2 aromatic carbocycles. The lowest BCUT2D eigenvalue weighted by Gasteiger charge is -2.21. The van der Waals surface area contributed by atoms with Gasteiger partial charge in [0.2, 0.25) is 10.0 Å². The molecule has 0 saturated heterocycles. The van der Waals surface area contributed by atoms with Crippen molar-refractivity contribution in [2.45, 2.75) is 18.4 Å². The van der Waals surface area contributed by atoms with E-state index < -0.39 is 15.8 Å². The van der Waals surface area contributed by atoms with Crippen LogP contribution in [0.4, 0.5) is 4.39 Å². The molecule has 0 unspecified atom stereocenters. The van der Waals surface area contributed by atoms with E-state index in [4.69, 9.17) is 23.2 Å². The first kappa shape index (κ1) is 17.2. The highest BCUT2D eigenvalue weighted by Gasteiger charge is 2.26. The molecule has 0 aliphatic rings. The molecule has 2 rings (SSSR count). The Bertz CT molecular complexity index is 781. The molecule has 7 heteroatoms. The molecule has 0 heterocycles. The third kappa shape index (κ3) is 3.79. The van der Waals surface area contributed by atoms with Crippen molar-refractivity contribution in [3.05, 3.63) is 63.9 Å². The average molecular weight is 362 g/mol. The molecule has 0 aromatic heterocycles. The minimum absolute atomic E-state index is 0.112. The Balaban J connectivity index is 2.36. The molecule has 0 bridgehead atoms. The summed E-state index contributed by atoms with van der Waals surface area (Å²) in [5, 5.41) is 0.398. The Hall–Kier alpha value is -1.14. The summed E-state index contributed by atoms with van der Waals surface area (Å²) in [6.07, 6.45) is 0. The normalized spacial score (nSPS) is 11.9. The monoisotopic (exact) mass is 361 g/mol. The molecule has 0 aliphatic carbocycles. The zero-order chi connectivity index (χ0) is 16.3. The van der Waals surface area contributed by atoms with Crippen LogP contribution < -0.4 is 0 Å². The zero-order valence-electron chi connectivity index (χ0n) is 11.8. The Kier molecular flexibility index (Phi) is 5.45. The summed E-state index contributed by atoms with van der Waals surface area (Å²) in [6, 6.07) is 10.2. The van der Waals surface area contributed by atoms with Crippen LogP contribution in [0, 0.1) is 5.82 Å². The number of sulfonamides is 1. The molecular formula is C15H14Cl2FNO2S. The van der Waals surface area contributed by atoms with Gasteiger partial charge in [0.05, 0.1) is 5.02 Å². The number of hydrogen-bond donors (Lipinski definition) is 0. The van der Waals surface area contributed by atoms with E-state index in [0.717, 1.165) is 17.7 Å². The Morgan fingerprint density at radius 2 is 1.86 bits per heavy atom. The second kappa shape index (κ2) is 6.96. The lowest BCUT2D eigenvalue weighted by atomic mass is 10.2. The molecule has 0 N–H and O–H groups in total. The van der Waals surface area contributed by atoms with Gasteiger partial charge in [-0.05, 0) is 35.9 Å². The third-order valence-electron chi connectivity index (χ3n) is 3.11. The fourth-order valence-corrected chi connectivity index (χ4v) is 4.18. The minimum atomic E-state index is -3.82. The first-order chi connectivity index (χ1) is 10.3. The van der Waals surface area contributed by atoms with Gasteiger partial charge in [0.15, 0.2) is 0 Å². The summed E-state index contributed by atoms with van der Waals surface area (Å²) in [5.41, 5.74) is 0.760. The first-order valence-electron chi connectivity index (χ1n) is 6.54. The van der Waals surface area contributed by atoms with Gasteiger partial charge < -0.3 is 0 Å². The molecule has 22 heavy (non-hydrogen) atoms. The smallest absolute Gasteiger partial charge is 0.207 e.